The van der Waals surface area contributed by atoms with Crippen LogP contribution in [0.1, 0.15) is 30.4 Å². The Kier molecular flexibility index (Phi) is 4.87. The maximum absolute atomic E-state index is 12.9. The number of nitrogens with zero attached hydrogens (tertiary/aromatic N) is 3. The Hall–Kier alpha value is -3.52. The number of nitrogen functional groups attached to an aromatic ring is 2. The van der Waals surface area contributed by atoms with Crippen LogP contribution in [0.2, 0.25) is 0 Å². The van der Waals surface area contributed by atoms with Crippen molar-refractivity contribution in [2.75, 3.05) is 11.5 Å². The average Bonchev–Trinajstić information content (AvgIpc) is 3.03. The third kappa shape index (κ3) is 3.81. The van der Waals surface area contributed by atoms with Crippen molar-refractivity contribution in [2.24, 2.45) is 0 Å². The number of benzene rings is 1. The van der Waals surface area contributed by atoms with E-state index in [4.69, 9.17) is 21.4 Å². The fourth-order valence-corrected chi connectivity index (χ4v) is 4.10. The molecule has 0 bridgehead atoms. The van der Waals surface area contributed by atoms with Crippen LogP contribution in [0.4, 0.5) is 11.4 Å². The summed E-state index contributed by atoms with van der Waals surface area (Å²) in [5.41, 5.74) is 15.3. The molecule has 3 heterocycles. The molecule has 152 valence electrons. The minimum atomic E-state index is -0.385. The summed E-state index contributed by atoms with van der Waals surface area (Å²) in [6, 6.07) is 11.1. The van der Waals surface area contributed by atoms with Gasteiger partial charge in [-0.05, 0) is 45.0 Å². The lowest BCUT2D eigenvalue weighted by molar-refractivity contribution is 0.0924. The predicted molar refractivity (Wildman–Crippen MR) is 122 cm³/mol. The van der Waals surface area contributed by atoms with Crippen molar-refractivity contribution in [2.45, 2.75) is 26.3 Å². The highest BCUT2D eigenvalue weighted by atomic mass is 32.1. The van der Waals surface area contributed by atoms with Crippen molar-refractivity contribution in [3.63, 3.8) is 0 Å². The summed E-state index contributed by atoms with van der Waals surface area (Å²) in [5.74, 6) is 0.304. The number of nitrogens with two attached hydrogens (primary N) is 2. The molecule has 0 atom stereocenters. The van der Waals surface area contributed by atoms with Gasteiger partial charge in [-0.3, -0.25) is 9.78 Å². The number of aromatic nitrogens is 3. The van der Waals surface area contributed by atoms with Gasteiger partial charge in [-0.1, -0.05) is 12.1 Å². The Morgan fingerprint density at radius 3 is 2.43 bits per heavy atom. The van der Waals surface area contributed by atoms with Gasteiger partial charge in [0.1, 0.15) is 9.71 Å². The summed E-state index contributed by atoms with van der Waals surface area (Å²) >= 11 is 1.26. The second-order valence-corrected chi connectivity index (χ2v) is 8.99. The molecule has 1 aromatic carbocycles. The van der Waals surface area contributed by atoms with Gasteiger partial charge in [0.2, 0.25) is 0 Å². The predicted octanol–water partition coefficient (Wildman–Crippen LogP) is 4.11. The molecule has 0 spiro atoms. The van der Waals surface area contributed by atoms with Gasteiger partial charge in [-0.2, -0.15) is 0 Å². The molecule has 0 aliphatic heterocycles. The summed E-state index contributed by atoms with van der Waals surface area (Å²) in [5, 5.41) is 3.62. The van der Waals surface area contributed by atoms with E-state index in [0.717, 1.165) is 11.1 Å². The van der Waals surface area contributed by atoms with Crippen LogP contribution in [-0.4, -0.2) is 26.4 Å². The van der Waals surface area contributed by atoms with Crippen molar-refractivity contribution in [1.29, 1.82) is 0 Å². The van der Waals surface area contributed by atoms with E-state index in [1.807, 2.05) is 57.2 Å². The monoisotopic (exact) mass is 418 g/mol. The Balaban J connectivity index is 1.98. The molecule has 7 nitrogen and oxygen atoms in total. The zero-order chi connectivity index (χ0) is 21.5. The largest absolute Gasteiger partial charge is 0.399 e. The molecule has 0 saturated carbocycles. The molecule has 3 aromatic heterocycles. The first-order valence-corrected chi connectivity index (χ1v) is 10.2. The van der Waals surface area contributed by atoms with Gasteiger partial charge in [-0.25, -0.2) is 9.97 Å². The number of pyridine rings is 1. The van der Waals surface area contributed by atoms with Crippen LogP contribution in [0.3, 0.4) is 0 Å². The quantitative estimate of drug-likeness (QED) is 0.431. The second kappa shape index (κ2) is 7.38. The van der Waals surface area contributed by atoms with Crippen molar-refractivity contribution in [1.82, 2.24) is 20.3 Å². The van der Waals surface area contributed by atoms with Crippen LogP contribution in [0, 0.1) is 0 Å². The number of hydrogen-bond donors (Lipinski definition) is 3. The maximum atomic E-state index is 12.9. The Morgan fingerprint density at radius 2 is 1.77 bits per heavy atom. The first-order chi connectivity index (χ1) is 14.2. The summed E-state index contributed by atoms with van der Waals surface area (Å²) in [6.07, 6.45) is 3.38. The molecular weight excluding hydrogens is 396 g/mol. The molecular formula is C22H22N6OS. The van der Waals surface area contributed by atoms with Gasteiger partial charge in [0, 0.05) is 34.7 Å². The standard InChI is InChI=1S/C22H22N6OS/c1-22(2,3)28-20(29)18-16(24)15-17(13-5-4-6-14(23)11-13)26-19(27-21(15)30-18)12-7-9-25-10-8-12/h4-11H,23-24H2,1-3H3,(H,28,29). The number of fused-ring (bicyclic) bond motifs is 1. The number of hydrogen-bond acceptors (Lipinski definition) is 7. The van der Waals surface area contributed by atoms with Crippen LogP contribution in [0.25, 0.3) is 32.9 Å². The van der Waals surface area contributed by atoms with Crippen LogP contribution < -0.4 is 16.8 Å². The summed E-state index contributed by atoms with van der Waals surface area (Å²) in [7, 11) is 0. The number of carbonyl (C=O) groups is 1. The third-order valence-corrected chi connectivity index (χ3v) is 5.48. The molecule has 4 aromatic rings. The minimum absolute atomic E-state index is 0.230. The Bertz CT molecular complexity index is 1240. The number of nitrogens with one attached hydrogen (secondary N) is 1. The highest BCUT2D eigenvalue weighted by Crippen LogP contribution is 2.40. The molecule has 0 fully saturated rings. The molecule has 5 N–H and O–H groups in total. The van der Waals surface area contributed by atoms with E-state index in [9.17, 15) is 4.79 Å². The van der Waals surface area contributed by atoms with Gasteiger partial charge in [0.25, 0.3) is 5.91 Å². The maximum Gasteiger partial charge on any atom is 0.263 e. The van der Waals surface area contributed by atoms with E-state index in [0.29, 0.717) is 38.0 Å². The van der Waals surface area contributed by atoms with Gasteiger partial charge in [-0.15, -0.1) is 11.3 Å². The number of thiophene rings is 1. The minimum Gasteiger partial charge on any atom is -0.399 e. The molecule has 0 aliphatic carbocycles. The lowest BCUT2D eigenvalue weighted by Crippen LogP contribution is -2.40. The van der Waals surface area contributed by atoms with Crippen LogP contribution >= 0.6 is 11.3 Å². The van der Waals surface area contributed by atoms with Crippen molar-refractivity contribution in [3.05, 3.63) is 53.7 Å². The smallest absolute Gasteiger partial charge is 0.263 e. The number of anilines is 2. The van der Waals surface area contributed by atoms with Gasteiger partial charge in [0.05, 0.1) is 16.8 Å². The Morgan fingerprint density at radius 1 is 1.03 bits per heavy atom. The molecule has 8 heteroatoms. The fourth-order valence-electron chi connectivity index (χ4n) is 3.11. The van der Waals surface area contributed by atoms with Crippen LogP contribution in [0.15, 0.2) is 48.8 Å². The zero-order valence-corrected chi connectivity index (χ0v) is 17.7. The lowest BCUT2D eigenvalue weighted by atomic mass is 10.1. The highest BCUT2D eigenvalue weighted by molar-refractivity contribution is 7.21. The van der Waals surface area contributed by atoms with E-state index >= 15 is 0 Å². The van der Waals surface area contributed by atoms with E-state index in [1.54, 1.807) is 12.4 Å². The SMILES string of the molecule is CC(C)(C)NC(=O)c1sc2nc(-c3ccncc3)nc(-c3cccc(N)c3)c2c1N. The van der Waals surface area contributed by atoms with E-state index in [-0.39, 0.29) is 11.4 Å². The normalized spacial score (nSPS) is 11.6. The van der Waals surface area contributed by atoms with Crippen LogP contribution in [-0.2, 0) is 0 Å². The second-order valence-electron chi connectivity index (χ2n) is 7.99. The lowest BCUT2D eigenvalue weighted by Gasteiger charge is -2.20. The first-order valence-electron chi connectivity index (χ1n) is 9.42. The molecule has 0 saturated heterocycles. The summed E-state index contributed by atoms with van der Waals surface area (Å²) < 4.78 is 0. The number of carbonyl (C=O) groups excluding carboxylic acids is 1. The van der Waals surface area contributed by atoms with Gasteiger partial charge < -0.3 is 16.8 Å². The van der Waals surface area contributed by atoms with E-state index in [2.05, 4.69) is 10.3 Å². The van der Waals surface area contributed by atoms with Crippen molar-refractivity contribution < 1.29 is 4.79 Å². The average molecular weight is 419 g/mol. The van der Waals surface area contributed by atoms with E-state index < -0.39 is 0 Å². The zero-order valence-electron chi connectivity index (χ0n) is 16.9. The van der Waals surface area contributed by atoms with Crippen LogP contribution in [0.5, 0.6) is 0 Å². The van der Waals surface area contributed by atoms with Gasteiger partial charge >= 0.3 is 0 Å². The highest BCUT2D eigenvalue weighted by Gasteiger charge is 2.24. The molecule has 4 rings (SSSR count). The number of rotatable bonds is 3. The summed E-state index contributed by atoms with van der Waals surface area (Å²) in [6.45, 7) is 5.77. The molecule has 1 amide bonds. The molecule has 0 radical (unpaired) electrons. The fraction of sp³-hybridized carbons (Fsp3) is 0.182. The van der Waals surface area contributed by atoms with Gasteiger partial charge in [0.15, 0.2) is 5.82 Å². The Labute approximate surface area is 178 Å². The third-order valence-electron chi connectivity index (χ3n) is 4.38. The topological polar surface area (TPSA) is 120 Å². The summed E-state index contributed by atoms with van der Waals surface area (Å²) in [4.78, 5) is 27.5. The molecule has 0 unspecified atom stereocenters. The molecule has 30 heavy (non-hydrogen) atoms. The first kappa shape index (κ1) is 19.8. The van der Waals surface area contributed by atoms with E-state index in [1.165, 1.54) is 11.3 Å². The van der Waals surface area contributed by atoms with Crippen molar-refractivity contribution >= 4 is 38.8 Å². The molecule has 0 aliphatic rings. The number of amides is 1. The van der Waals surface area contributed by atoms with Crippen molar-refractivity contribution in [3.8, 4) is 22.6 Å².